The van der Waals surface area contributed by atoms with Crippen LogP contribution in [0.4, 0.5) is 0 Å². The fraction of sp³-hybridized carbons (Fsp3) is 0.588. The average molecular weight is 381 g/mol. The van der Waals surface area contributed by atoms with E-state index >= 15 is 0 Å². The molecule has 0 unspecified atom stereocenters. The molecule has 0 atom stereocenters. The van der Waals surface area contributed by atoms with Crippen molar-refractivity contribution in [2.75, 3.05) is 0 Å². The van der Waals surface area contributed by atoms with E-state index in [1.807, 2.05) is 17.5 Å². The quantitative estimate of drug-likeness (QED) is 0.752. The number of hydrogen-bond donors (Lipinski definition) is 2. The Labute approximate surface area is 156 Å². The predicted molar refractivity (Wildman–Crippen MR) is 101 cm³/mol. The van der Waals surface area contributed by atoms with Crippen molar-refractivity contribution >= 4 is 29.5 Å². The van der Waals surface area contributed by atoms with Gasteiger partial charge >= 0.3 is 0 Å². The smallest absolute Gasteiger partial charge is 0.240 e. The molecule has 3 rings (SSSR count). The van der Waals surface area contributed by atoms with Gasteiger partial charge in [-0.1, -0.05) is 6.07 Å². The van der Waals surface area contributed by atoms with Crippen LogP contribution in [0.5, 0.6) is 0 Å². The molecular formula is C17H24N4O2S2. The third-order valence-corrected chi connectivity index (χ3v) is 5.48. The van der Waals surface area contributed by atoms with Gasteiger partial charge in [0.1, 0.15) is 6.54 Å². The Bertz CT molecular complexity index is 743. The highest BCUT2D eigenvalue weighted by molar-refractivity contribution is 7.71. The zero-order valence-corrected chi connectivity index (χ0v) is 16.2. The first-order valence-corrected chi connectivity index (χ1v) is 9.95. The van der Waals surface area contributed by atoms with E-state index < -0.39 is 0 Å². The first-order chi connectivity index (χ1) is 12.0. The van der Waals surface area contributed by atoms with Gasteiger partial charge in [-0.15, -0.1) is 11.3 Å². The molecule has 0 aromatic carbocycles. The number of thiophene rings is 1. The second-order valence-corrected chi connectivity index (χ2v) is 7.98. The van der Waals surface area contributed by atoms with Crippen LogP contribution in [-0.2, 0) is 16.1 Å². The molecular weight excluding hydrogens is 356 g/mol. The van der Waals surface area contributed by atoms with Crippen LogP contribution in [-0.4, -0.2) is 38.9 Å². The molecule has 6 nitrogen and oxygen atoms in total. The second kappa shape index (κ2) is 8.25. The van der Waals surface area contributed by atoms with Crippen LogP contribution < -0.4 is 5.32 Å². The molecule has 1 fully saturated rings. The summed E-state index contributed by atoms with van der Waals surface area (Å²) in [5.74, 6) is 0.688. The predicted octanol–water partition coefficient (Wildman–Crippen LogP) is 3.52. The molecule has 25 heavy (non-hydrogen) atoms. The molecule has 0 saturated heterocycles. The number of ether oxygens (including phenoxy) is 1. The Morgan fingerprint density at radius 1 is 1.48 bits per heavy atom. The van der Waals surface area contributed by atoms with Gasteiger partial charge < -0.3 is 10.1 Å². The summed E-state index contributed by atoms with van der Waals surface area (Å²) < 4.78 is 8.08. The summed E-state index contributed by atoms with van der Waals surface area (Å²) in [5.41, 5.74) is 0. The minimum atomic E-state index is -0.0245. The van der Waals surface area contributed by atoms with Gasteiger partial charge in [0.25, 0.3) is 0 Å². The SMILES string of the molecule is CC(C)OC1CCC(NC(=O)Cn2c(-c3cccs3)n[nH]c2=S)CC1. The van der Waals surface area contributed by atoms with Gasteiger partial charge in [0.05, 0.1) is 17.1 Å². The fourth-order valence-corrected chi connectivity index (χ4v) is 4.12. The summed E-state index contributed by atoms with van der Waals surface area (Å²) in [6.07, 6.45) is 4.48. The topological polar surface area (TPSA) is 71.9 Å². The highest BCUT2D eigenvalue weighted by Gasteiger charge is 2.24. The van der Waals surface area contributed by atoms with Crippen LogP contribution in [0.3, 0.4) is 0 Å². The van der Waals surface area contributed by atoms with Crippen molar-refractivity contribution in [3.05, 3.63) is 22.3 Å². The summed E-state index contributed by atoms with van der Waals surface area (Å²) in [4.78, 5) is 13.5. The summed E-state index contributed by atoms with van der Waals surface area (Å²) in [6.45, 7) is 4.31. The lowest BCUT2D eigenvalue weighted by Gasteiger charge is -2.30. The van der Waals surface area contributed by atoms with Crippen molar-refractivity contribution in [2.45, 2.75) is 64.3 Å². The lowest BCUT2D eigenvalue weighted by Crippen LogP contribution is -2.41. The van der Waals surface area contributed by atoms with Crippen LogP contribution in [0.15, 0.2) is 17.5 Å². The maximum absolute atomic E-state index is 12.5. The zero-order chi connectivity index (χ0) is 17.8. The lowest BCUT2D eigenvalue weighted by atomic mass is 9.93. The molecule has 0 spiro atoms. The van der Waals surface area contributed by atoms with Gasteiger partial charge in [-0.2, -0.15) is 5.10 Å². The third-order valence-electron chi connectivity index (χ3n) is 4.31. The molecule has 2 aromatic rings. The monoisotopic (exact) mass is 380 g/mol. The standard InChI is InChI=1S/C17H24N4O2S2/c1-11(2)23-13-7-5-12(6-8-13)18-15(22)10-21-16(19-20-17(21)24)14-4-3-9-25-14/h3-4,9,11-13H,5-8,10H2,1-2H3,(H,18,22)(H,20,24). The molecule has 1 aliphatic rings. The maximum Gasteiger partial charge on any atom is 0.240 e. The maximum atomic E-state index is 12.5. The molecule has 0 aliphatic heterocycles. The van der Waals surface area contributed by atoms with Crippen LogP contribution in [0.1, 0.15) is 39.5 Å². The second-order valence-electron chi connectivity index (χ2n) is 6.64. The van der Waals surface area contributed by atoms with Crippen molar-refractivity contribution in [3.63, 3.8) is 0 Å². The highest BCUT2D eigenvalue weighted by atomic mass is 32.1. The van der Waals surface area contributed by atoms with E-state index in [9.17, 15) is 4.79 Å². The zero-order valence-electron chi connectivity index (χ0n) is 14.5. The van der Waals surface area contributed by atoms with Crippen molar-refractivity contribution in [1.82, 2.24) is 20.1 Å². The number of nitrogens with one attached hydrogen (secondary N) is 2. The Morgan fingerprint density at radius 2 is 2.24 bits per heavy atom. The highest BCUT2D eigenvalue weighted by Crippen LogP contribution is 2.24. The van der Waals surface area contributed by atoms with E-state index in [1.54, 1.807) is 15.9 Å². The van der Waals surface area contributed by atoms with E-state index in [0.29, 0.717) is 16.7 Å². The van der Waals surface area contributed by atoms with Crippen molar-refractivity contribution < 1.29 is 9.53 Å². The Balaban J connectivity index is 1.56. The van der Waals surface area contributed by atoms with E-state index in [2.05, 4.69) is 29.4 Å². The van der Waals surface area contributed by atoms with Crippen molar-refractivity contribution in [2.24, 2.45) is 0 Å². The minimum Gasteiger partial charge on any atom is -0.376 e. The number of carbonyl (C=O) groups excluding carboxylic acids is 1. The largest absolute Gasteiger partial charge is 0.376 e. The van der Waals surface area contributed by atoms with Crippen molar-refractivity contribution in [1.29, 1.82) is 0 Å². The first-order valence-electron chi connectivity index (χ1n) is 8.67. The van der Waals surface area contributed by atoms with Gasteiger partial charge in [0.15, 0.2) is 10.6 Å². The Kier molecular flexibility index (Phi) is 6.03. The molecule has 1 saturated carbocycles. The number of aromatic nitrogens is 3. The number of aromatic amines is 1. The van der Waals surface area contributed by atoms with Crippen LogP contribution in [0.2, 0.25) is 0 Å². The van der Waals surface area contributed by atoms with Crippen LogP contribution in [0.25, 0.3) is 10.7 Å². The van der Waals surface area contributed by atoms with Gasteiger partial charge in [-0.25, -0.2) is 0 Å². The van der Waals surface area contributed by atoms with Crippen LogP contribution >= 0.6 is 23.6 Å². The molecule has 1 aliphatic carbocycles. The Morgan fingerprint density at radius 3 is 2.88 bits per heavy atom. The number of amides is 1. The van der Waals surface area contributed by atoms with Crippen molar-refractivity contribution in [3.8, 4) is 10.7 Å². The normalized spacial score (nSPS) is 20.8. The number of H-pyrrole nitrogens is 1. The van der Waals surface area contributed by atoms with Gasteiger partial charge in [0.2, 0.25) is 5.91 Å². The molecule has 1 amide bonds. The summed E-state index contributed by atoms with van der Waals surface area (Å²) >= 11 is 6.85. The minimum absolute atomic E-state index is 0.0245. The molecule has 8 heteroatoms. The molecule has 136 valence electrons. The number of carbonyl (C=O) groups is 1. The van der Waals surface area contributed by atoms with Gasteiger partial charge in [-0.3, -0.25) is 14.5 Å². The number of rotatable bonds is 6. The van der Waals surface area contributed by atoms with Crippen LogP contribution in [0, 0.1) is 4.77 Å². The van der Waals surface area contributed by atoms with Gasteiger partial charge in [0, 0.05) is 6.04 Å². The summed E-state index contributed by atoms with van der Waals surface area (Å²) in [5, 5.41) is 12.2. The van der Waals surface area contributed by atoms with E-state index in [4.69, 9.17) is 17.0 Å². The summed E-state index contributed by atoms with van der Waals surface area (Å²) in [7, 11) is 0. The average Bonchev–Trinajstić information content (AvgIpc) is 3.20. The number of hydrogen-bond acceptors (Lipinski definition) is 5. The first kappa shape index (κ1) is 18.3. The van der Waals surface area contributed by atoms with E-state index in [1.165, 1.54) is 0 Å². The molecule has 2 aromatic heterocycles. The fourth-order valence-electron chi connectivity index (χ4n) is 3.20. The Hall–Kier alpha value is -1.51. The third kappa shape index (κ3) is 4.77. The molecule has 0 bridgehead atoms. The molecule has 2 N–H and O–H groups in total. The number of nitrogens with zero attached hydrogens (tertiary/aromatic N) is 2. The summed E-state index contributed by atoms with van der Waals surface area (Å²) in [6, 6.07) is 4.14. The molecule has 2 heterocycles. The molecule has 0 radical (unpaired) electrons. The van der Waals surface area contributed by atoms with Gasteiger partial charge in [-0.05, 0) is 63.2 Å². The van der Waals surface area contributed by atoms with E-state index in [0.717, 1.165) is 30.6 Å². The lowest BCUT2D eigenvalue weighted by molar-refractivity contribution is -0.123. The van der Waals surface area contributed by atoms with E-state index in [-0.39, 0.29) is 24.6 Å².